The summed E-state index contributed by atoms with van der Waals surface area (Å²) in [5, 5.41) is 18.5. The van der Waals surface area contributed by atoms with Crippen LogP contribution in [-0.2, 0) is 0 Å². The third-order valence-electron chi connectivity index (χ3n) is 5.04. The molecule has 10 heteroatoms. The fourth-order valence-electron chi connectivity index (χ4n) is 3.38. The molecule has 34 heavy (non-hydrogen) atoms. The smallest absolute Gasteiger partial charge is 0.289 e. The van der Waals surface area contributed by atoms with Crippen molar-refractivity contribution in [3.63, 3.8) is 0 Å². The highest BCUT2D eigenvalue weighted by atomic mass is 35.5. The Bertz CT molecular complexity index is 1370. The van der Waals surface area contributed by atoms with Gasteiger partial charge in [-0.3, -0.25) is 14.9 Å². The number of nitro benzene ring substituents is 1. The summed E-state index contributed by atoms with van der Waals surface area (Å²) in [4.78, 5) is 23.9. The molecule has 0 atom stereocenters. The predicted molar refractivity (Wildman–Crippen MR) is 128 cm³/mol. The second-order valence-corrected chi connectivity index (χ2v) is 7.52. The van der Waals surface area contributed by atoms with Crippen LogP contribution in [0.1, 0.15) is 10.4 Å². The fraction of sp³-hybridized carbons (Fsp3) is 0.0833. The molecule has 0 aliphatic heterocycles. The lowest BCUT2D eigenvalue weighted by molar-refractivity contribution is -0.384. The van der Waals surface area contributed by atoms with E-state index in [9.17, 15) is 14.9 Å². The third-order valence-corrected chi connectivity index (χ3v) is 5.36. The van der Waals surface area contributed by atoms with Crippen LogP contribution in [0.25, 0.3) is 16.9 Å². The number of hydrogen-bond donors (Lipinski definition) is 1. The lowest BCUT2D eigenvalue weighted by atomic mass is 10.1. The van der Waals surface area contributed by atoms with E-state index in [0.717, 1.165) is 5.69 Å². The topological polar surface area (TPSA) is 109 Å². The van der Waals surface area contributed by atoms with Gasteiger partial charge in [-0.15, -0.1) is 0 Å². The molecule has 3 aromatic carbocycles. The summed E-state index contributed by atoms with van der Waals surface area (Å²) in [6.07, 6.45) is 1.59. The van der Waals surface area contributed by atoms with Gasteiger partial charge >= 0.3 is 0 Å². The molecule has 1 aromatic heterocycles. The van der Waals surface area contributed by atoms with E-state index in [4.69, 9.17) is 21.1 Å². The zero-order chi connectivity index (χ0) is 24.2. The number of halogens is 1. The molecule has 0 bridgehead atoms. The number of rotatable bonds is 7. The number of amides is 1. The second kappa shape index (κ2) is 9.63. The molecule has 1 heterocycles. The van der Waals surface area contributed by atoms with E-state index in [1.807, 2.05) is 30.3 Å². The van der Waals surface area contributed by atoms with E-state index >= 15 is 0 Å². The van der Waals surface area contributed by atoms with Gasteiger partial charge in [0, 0.05) is 23.5 Å². The molecule has 0 aliphatic carbocycles. The molecule has 4 aromatic rings. The Morgan fingerprint density at radius 2 is 1.82 bits per heavy atom. The van der Waals surface area contributed by atoms with E-state index < -0.39 is 10.8 Å². The van der Waals surface area contributed by atoms with E-state index in [1.165, 1.54) is 32.4 Å². The molecule has 0 saturated carbocycles. The Morgan fingerprint density at radius 1 is 1.06 bits per heavy atom. The number of ether oxygens (including phenoxy) is 2. The minimum Gasteiger partial charge on any atom is -0.497 e. The maximum atomic E-state index is 13.3. The summed E-state index contributed by atoms with van der Waals surface area (Å²) in [6, 6.07) is 18.5. The first kappa shape index (κ1) is 22.8. The van der Waals surface area contributed by atoms with Gasteiger partial charge < -0.3 is 14.8 Å². The number of nitrogens with zero attached hydrogens (tertiary/aromatic N) is 3. The Kier molecular flexibility index (Phi) is 6.46. The van der Waals surface area contributed by atoms with Crippen molar-refractivity contribution in [2.24, 2.45) is 0 Å². The zero-order valence-electron chi connectivity index (χ0n) is 18.2. The molecule has 1 amide bonds. The minimum atomic E-state index is -0.613. The summed E-state index contributed by atoms with van der Waals surface area (Å²) >= 11 is 5.89. The molecule has 0 aliphatic rings. The molecule has 172 valence electrons. The minimum absolute atomic E-state index is 0.0262. The number of hydrogen-bond acceptors (Lipinski definition) is 6. The standard InChI is InChI=1S/C24H19ClN4O5/c1-33-17-9-11-22(34-2)18(13-17)23-19(14-28(27-23)16-6-4-3-5-7-16)24(30)26-15-8-10-20(25)21(12-15)29(31)32/h3-14H,1-2H3,(H,26,30). The molecular formula is C24H19ClN4O5. The van der Waals surface area contributed by atoms with Gasteiger partial charge in [0.25, 0.3) is 11.6 Å². The summed E-state index contributed by atoms with van der Waals surface area (Å²) in [6.45, 7) is 0. The lowest BCUT2D eigenvalue weighted by Crippen LogP contribution is -2.12. The van der Waals surface area contributed by atoms with Crippen molar-refractivity contribution in [2.75, 3.05) is 19.5 Å². The number of para-hydroxylation sites is 1. The highest BCUT2D eigenvalue weighted by Crippen LogP contribution is 2.35. The second-order valence-electron chi connectivity index (χ2n) is 7.12. The number of carbonyl (C=O) groups excluding carboxylic acids is 1. The number of nitro groups is 1. The normalized spacial score (nSPS) is 10.6. The van der Waals surface area contributed by atoms with Crippen LogP contribution in [0.5, 0.6) is 11.5 Å². The van der Waals surface area contributed by atoms with Crippen LogP contribution in [0.3, 0.4) is 0 Å². The lowest BCUT2D eigenvalue weighted by Gasteiger charge is -2.10. The van der Waals surface area contributed by atoms with Crippen molar-refractivity contribution in [3.8, 4) is 28.4 Å². The third kappa shape index (κ3) is 4.55. The zero-order valence-corrected chi connectivity index (χ0v) is 18.9. The monoisotopic (exact) mass is 478 g/mol. The predicted octanol–water partition coefficient (Wildman–Crippen LogP) is 5.37. The maximum Gasteiger partial charge on any atom is 0.289 e. The highest BCUT2D eigenvalue weighted by Gasteiger charge is 2.23. The quantitative estimate of drug-likeness (QED) is 0.282. The Labute approximate surface area is 199 Å². The number of anilines is 1. The SMILES string of the molecule is COc1ccc(OC)c(-c2nn(-c3ccccc3)cc2C(=O)Nc2ccc(Cl)c([N+](=O)[O-])c2)c1. The van der Waals surface area contributed by atoms with E-state index in [1.54, 1.807) is 29.1 Å². The van der Waals surface area contributed by atoms with Gasteiger partial charge in [0.2, 0.25) is 0 Å². The molecular weight excluding hydrogens is 460 g/mol. The molecule has 0 radical (unpaired) electrons. The van der Waals surface area contributed by atoms with Crippen molar-refractivity contribution in [3.05, 3.63) is 93.6 Å². The fourth-order valence-corrected chi connectivity index (χ4v) is 3.57. The first-order valence-electron chi connectivity index (χ1n) is 10.0. The first-order valence-corrected chi connectivity index (χ1v) is 10.4. The molecule has 4 rings (SSSR count). The van der Waals surface area contributed by atoms with Gasteiger partial charge in [-0.2, -0.15) is 5.10 Å². The van der Waals surface area contributed by atoms with Crippen LogP contribution in [0.2, 0.25) is 5.02 Å². The van der Waals surface area contributed by atoms with Gasteiger partial charge in [0.1, 0.15) is 22.2 Å². The average Bonchev–Trinajstić information content (AvgIpc) is 3.30. The number of nitrogens with one attached hydrogen (secondary N) is 1. The molecule has 9 nitrogen and oxygen atoms in total. The molecule has 1 N–H and O–H groups in total. The van der Waals surface area contributed by atoms with Crippen LogP contribution < -0.4 is 14.8 Å². The van der Waals surface area contributed by atoms with Crippen LogP contribution in [0, 0.1) is 10.1 Å². The largest absolute Gasteiger partial charge is 0.497 e. The average molecular weight is 479 g/mol. The van der Waals surface area contributed by atoms with Crippen LogP contribution >= 0.6 is 11.6 Å². The molecule has 0 spiro atoms. The molecule has 0 fully saturated rings. The highest BCUT2D eigenvalue weighted by molar-refractivity contribution is 6.32. The number of benzene rings is 3. The summed E-state index contributed by atoms with van der Waals surface area (Å²) in [7, 11) is 3.06. The van der Waals surface area contributed by atoms with Crippen LogP contribution in [0.15, 0.2) is 72.9 Å². The van der Waals surface area contributed by atoms with E-state index in [2.05, 4.69) is 10.4 Å². The van der Waals surface area contributed by atoms with Crippen molar-refractivity contribution < 1.29 is 19.2 Å². The maximum absolute atomic E-state index is 13.3. The molecule has 0 unspecified atom stereocenters. The Balaban J connectivity index is 1.82. The Hall–Kier alpha value is -4.37. The van der Waals surface area contributed by atoms with Crippen LogP contribution in [0.4, 0.5) is 11.4 Å². The molecule has 0 saturated heterocycles. The van der Waals surface area contributed by atoms with Crippen molar-refractivity contribution in [2.45, 2.75) is 0 Å². The number of carbonyl (C=O) groups is 1. The van der Waals surface area contributed by atoms with Gasteiger partial charge in [0.05, 0.1) is 30.4 Å². The van der Waals surface area contributed by atoms with Gasteiger partial charge in [-0.1, -0.05) is 29.8 Å². The van der Waals surface area contributed by atoms with Crippen molar-refractivity contribution >= 4 is 28.9 Å². The van der Waals surface area contributed by atoms with Gasteiger partial charge in [-0.05, 0) is 42.5 Å². The van der Waals surface area contributed by atoms with Crippen molar-refractivity contribution in [1.82, 2.24) is 9.78 Å². The van der Waals surface area contributed by atoms with Crippen LogP contribution in [-0.4, -0.2) is 34.8 Å². The van der Waals surface area contributed by atoms with Crippen molar-refractivity contribution in [1.29, 1.82) is 0 Å². The van der Waals surface area contributed by atoms with E-state index in [-0.39, 0.29) is 22.0 Å². The number of methoxy groups -OCH3 is 2. The van der Waals surface area contributed by atoms with E-state index in [0.29, 0.717) is 22.8 Å². The Morgan fingerprint density at radius 3 is 2.50 bits per heavy atom. The summed E-state index contributed by atoms with van der Waals surface area (Å²) in [5.41, 5.74) is 1.77. The number of aromatic nitrogens is 2. The first-order chi connectivity index (χ1) is 16.4. The van der Waals surface area contributed by atoms with Gasteiger partial charge in [0.15, 0.2) is 0 Å². The summed E-state index contributed by atoms with van der Waals surface area (Å²) < 4.78 is 12.4. The summed E-state index contributed by atoms with van der Waals surface area (Å²) in [5.74, 6) is 0.540. The van der Waals surface area contributed by atoms with Gasteiger partial charge in [-0.25, -0.2) is 4.68 Å².